The number of hydrogen-bond acceptors (Lipinski definition) is 4. The number of piperidine rings is 1. The molecule has 1 aliphatic heterocycles. The van der Waals surface area contributed by atoms with Crippen molar-refractivity contribution < 1.29 is 14.3 Å². The Morgan fingerprint density at radius 1 is 1.19 bits per heavy atom. The zero-order chi connectivity index (χ0) is 19.6. The molecule has 0 radical (unpaired) electrons. The lowest BCUT2D eigenvalue weighted by Gasteiger charge is -2.33. The van der Waals surface area contributed by atoms with E-state index in [-0.39, 0.29) is 18.0 Å². The van der Waals surface area contributed by atoms with Crippen LogP contribution in [0.25, 0.3) is 10.9 Å². The van der Waals surface area contributed by atoms with Crippen LogP contribution in [0.5, 0.6) is 0 Å². The topological polar surface area (TPSA) is 71.5 Å². The van der Waals surface area contributed by atoms with Gasteiger partial charge in [-0.3, -0.25) is 9.78 Å². The molecule has 1 saturated heterocycles. The van der Waals surface area contributed by atoms with Crippen LogP contribution >= 0.6 is 0 Å². The van der Waals surface area contributed by atoms with E-state index in [1.54, 1.807) is 4.90 Å². The highest BCUT2D eigenvalue weighted by atomic mass is 16.6. The predicted octanol–water partition coefficient (Wildman–Crippen LogP) is 3.67. The maximum absolute atomic E-state index is 12.8. The number of benzene rings is 1. The smallest absolute Gasteiger partial charge is 0.410 e. The fraction of sp³-hybridized carbons (Fsp3) is 0.476. The van der Waals surface area contributed by atoms with Crippen molar-refractivity contribution in [3.8, 4) is 0 Å². The summed E-state index contributed by atoms with van der Waals surface area (Å²) in [6.45, 7) is 8.63. The summed E-state index contributed by atoms with van der Waals surface area (Å²) in [5.41, 5.74) is 1.79. The molecule has 0 unspecified atom stereocenters. The molecule has 2 amide bonds. The Bertz CT molecular complexity index is 849. The van der Waals surface area contributed by atoms with E-state index in [4.69, 9.17) is 4.74 Å². The third-order valence-electron chi connectivity index (χ3n) is 4.57. The van der Waals surface area contributed by atoms with E-state index in [1.165, 1.54) is 0 Å². The number of ether oxygens (including phenoxy) is 1. The van der Waals surface area contributed by atoms with E-state index in [9.17, 15) is 9.59 Å². The normalized spacial score (nSPS) is 15.6. The Morgan fingerprint density at radius 3 is 2.52 bits per heavy atom. The van der Waals surface area contributed by atoms with Crippen molar-refractivity contribution >= 4 is 22.9 Å². The van der Waals surface area contributed by atoms with Gasteiger partial charge >= 0.3 is 6.09 Å². The summed E-state index contributed by atoms with van der Waals surface area (Å²) < 4.78 is 5.42. The SMILES string of the molecule is Cc1cc(C(=O)NC2CCN(C(=O)OC(C)(C)C)CC2)c2ccccc2n1. The number of likely N-dealkylation sites (tertiary alicyclic amines) is 1. The van der Waals surface area contributed by atoms with Crippen LogP contribution < -0.4 is 5.32 Å². The summed E-state index contributed by atoms with van der Waals surface area (Å²) in [7, 11) is 0. The van der Waals surface area contributed by atoms with Crippen LogP contribution in [0.15, 0.2) is 30.3 Å². The Labute approximate surface area is 159 Å². The van der Waals surface area contributed by atoms with Crippen LogP contribution in [0.1, 0.15) is 49.7 Å². The van der Waals surface area contributed by atoms with Gasteiger partial charge in [0, 0.05) is 30.2 Å². The van der Waals surface area contributed by atoms with Gasteiger partial charge in [0.15, 0.2) is 0 Å². The molecule has 6 heteroatoms. The number of carbonyl (C=O) groups excluding carboxylic acids is 2. The van der Waals surface area contributed by atoms with Gasteiger partial charge in [-0.1, -0.05) is 18.2 Å². The Kier molecular flexibility index (Phi) is 5.35. The molecular formula is C21H27N3O3. The number of fused-ring (bicyclic) bond motifs is 1. The Hall–Kier alpha value is -2.63. The van der Waals surface area contributed by atoms with Gasteiger partial charge < -0.3 is 15.0 Å². The van der Waals surface area contributed by atoms with E-state index in [0.29, 0.717) is 31.5 Å². The van der Waals surface area contributed by atoms with Crippen molar-refractivity contribution in [1.82, 2.24) is 15.2 Å². The summed E-state index contributed by atoms with van der Waals surface area (Å²) in [4.78, 5) is 31.2. The molecule has 144 valence electrons. The van der Waals surface area contributed by atoms with E-state index >= 15 is 0 Å². The number of nitrogens with zero attached hydrogens (tertiary/aromatic N) is 2. The van der Waals surface area contributed by atoms with Crippen LogP contribution in [0, 0.1) is 6.92 Å². The lowest BCUT2D eigenvalue weighted by atomic mass is 10.0. The molecule has 1 N–H and O–H groups in total. The number of nitrogens with one attached hydrogen (secondary N) is 1. The largest absolute Gasteiger partial charge is 0.444 e. The van der Waals surface area contributed by atoms with Crippen molar-refractivity contribution in [2.24, 2.45) is 0 Å². The number of rotatable bonds is 2. The highest BCUT2D eigenvalue weighted by Crippen LogP contribution is 2.20. The van der Waals surface area contributed by atoms with Crippen molar-refractivity contribution in [1.29, 1.82) is 0 Å². The number of para-hydroxylation sites is 1. The van der Waals surface area contributed by atoms with Gasteiger partial charge in [0.25, 0.3) is 5.91 Å². The number of carbonyl (C=O) groups is 2. The van der Waals surface area contributed by atoms with Crippen LogP contribution in [-0.2, 0) is 4.74 Å². The van der Waals surface area contributed by atoms with Crippen molar-refractivity contribution in [3.05, 3.63) is 41.6 Å². The molecule has 6 nitrogen and oxygen atoms in total. The summed E-state index contributed by atoms with van der Waals surface area (Å²) in [6.07, 6.45) is 1.14. The van der Waals surface area contributed by atoms with Gasteiger partial charge in [-0.05, 0) is 52.7 Å². The second-order valence-electron chi connectivity index (χ2n) is 8.04. The molecule has 2 aromatic rings. The summed E-state index contributed by atoms with van der Waals surface area (Å²) in [5, 5.41) is 3.97. The number of amides is 2. The van der Waals surface area contributed by atoms with Crippen molar-refractivity contribution in [2.45, 2.75) is 52.2 Å². The van der Waals surface area contributed by atoms with Gasteiger partial charge in [-0.25, -0.2) is 4.79 Å². The molecule has 1 aliphatic rings. The first kappa shape index (κ1) is 19.1. The van der Waals surface area contributed by atoms with Crippen LogP contribution in [0.2, 0.25) is 0 Å². The minimum atomic E-state index is -0.498. The number of pyridine rings is 1. The van der Waals surface area contributed by atoms with E-state index < -0.39 is 5.60 Å². The lowest BCUT2D eigenvalue weighted by Crippen LogP contribution is -2.47. The highest BCUT2D eigenvalue weighted by Gasteiger charge is 2.28. The first-order chi connectivity index (χ1) is 12.7. The first-order valence-electron chi connectivity index (χ1n) is 9.38. The Balaban J connectivity index is 1.63. The van der Waals surface area contributed by atoms with Gasteiger partial charge in [0.05, 0.1) is 11.1 Å². The summed E-state index contributed by atoms with van der Waals surface area (Å²) in [6, 6.07) is 9.54. The van der Waals surface area contributed by atoms with Gasteiger partial charge in [-0.2, -0.15) is 0 Å². The van der Waals surface area contributed by atoms with Crippen molar-refractivity contribution in [3.63, 3.8) is 0 Å². The third kappa shape index (κ3) is 4.76. The van der Waals surface area contributed by atoms with Gasteiger partial charge in [-0.15, -0.1) is 0 Å². The Morgan fingerprint density at radius 2 is 1.85 bits per heavy atom. The van der Waals surface area contributed by atoms with Gasteiger partial charge in [0.2, 0.25) is 0 Å². The lowest BCUT2D eigenvalue weighted by molar-refractivity contribution is 0.0199. The molecular weight excluding hydrogens is 342 g/mol. The molecule has 27 heavy (non-hydrogen) atoms. The molecule has 2 heterocycles. The molecule has 1 aromatic carbocycles. The number of aromatic nitrogens is 1. The maximum atomic E-state index is 12.8. The molecule has 3 rings (SSSR count). The molecule has 1 aromatic heterocycles. The van der Waals surface area contributed by atoms with Crippen LogP contribution in [0.3, 0.4) is 0 Å². The van der Waals surface area contributed by atoms with E-state index in [1.807, 2.05) is 58.0 Å². The predicted molar refractivity (Wildman–Crippen MR) is 105 cm³/mol. The molecule has 0 atom stereocenters. The fourth-order valence-electron chi connectivity index (χ4n) is 3.29. The summed E-state index contributed by atoms with van der Waals surface area (Å²) >= 11 is 0. The second kappa shape index (κ2) is 7.55. The zero-order valence-electron chi connectivity index (χ0n) is 16.4. The molecule has 0 saturated carbocycles. The third-order valence-corrected chi connectivity index (χ3v) is 4.57. The molecule has 1 fully saturated rings. The fourth-order valence-corrected chi connectivity index (χ4v) is 3.29. The maximum Gasteiger partial charge on any atom is 0.410 e. The standard InChI is InChI=1S/C21H27N3O3/c1-14-13-17(16-7-5-6-8-18(16)22-14)19(25)23-15-9-11-24(12-10-15)20(26)27-21(2,3)4/h5-8,13,15H,9-12H2,1-4H3,(H,23,25). The minimum Gasteiger partial charge on any atom is -0.444 e. The van der Waals surface area contributed by atoms with E-state index in [2.05, 4.69) is 10.3 Å². The van der Waals surface area contributed by atoms with E-state index in [0.717, 1.165) is 16.6 Å². The number of hydrogen-bond donors (Lipinski definition) is 1. The van der Waals surface area contributed by atoms with Gasteiger partial charge in [0.1, 0.15) is 5.60 Å². The molecule has 0 aliphatic carbocycles. The second-order valence-corrected chi connectivity index (χ2v) is 8.04. The zero-order valence-corrected chi connectivity index (χ0v) is 16.4. The average Bonchev–Trinajstić information content (AvgIpc) is 2.60. The average molecular weight is 369 g/mol. The number of aryl methyl sites for hydroxylation is 1. The van der Waals surface area contributed by atoms with Crippen molar-refractivity contribution in [2.75, 3.05) is 13.1 Å². The first-order valence-corrected chi connectivity index (χ1v) is 9.38. The summed E-state index contributed by atoms with van der Waals surface area (Å²) in [5.74, 6) is -0.0904. The highest BCUT2D eigenvalue weighted by molar-refractivity contribution is 6.06. The van der Waals surface area contributed by atoms with Crippen LogP contribution in [0.4, 0.5) is 4.79 Å². The quantitative estimate of drug-likeness (QED) is 0.877. The van der Waals surface area contributed by atoms with Crippen LogP contribution in [-0.4, -0.2) is 46.6 Å². The monoisotopic (exact) mass is 369 g/mol. The molecule has 0 bridgehead atoms. The minimum absolute atomic E-state index is 0.0448. The molecule has 0 spiro atoms.